The van der Waals surface area contributed by atoms with Gasteiger partial charge in [0.05, 0.1) is 18.7 Å². The Hall–Kier alpha value is -2.64. The van der Waals surface area contributed by atoms with Crippen molar-refractivity contribution in [1.29, 1.82) is 0 Å². The quantitative estimate of drug-likeness (QED) is 0.442. The van der Waals surface area contributed by atoms with Crippen LogP contribution in [0.25, 0.3) is 11.3 Å². The van der Waals surface area contributed by atoms with Gasteiger partial charge in [0.25, 0.3) is 0 Å². The molecule has 1 heterocycles. The summed E-state index contributed by atoms with van der Waals surface area (Å²) in [4.78, 5) is 30.8. The van der Waals surface area contributed by atoms with Crippen molar-refractivity contribution in [2.45, 2.75) is 18.2 Å². The third-order valence-corrected chi connectivity index (χ3v) is 5.60. The van der Waals surface area contributed by atoms with Gasteiger partial charge < -0.3 is 10.1 Å². The smallest absolute Gasteiger partial charge is 0.350 e. The van der Waals surface area contributed by atoms with Crippen LogP contribution in [0, 0.1) is 0 Å². The number of thioether (sulfide) groups is 1. The van der Waals surface area contributed by atoms with E-state index in [1.165, 1.54) is 0 Å². The summed E-state index contributed by atoms with van der Waals surface area (Å²) >= 11 is 2.78. The Kier molecular flexibility index (Phi) is 6.84. The molecule has 0 aliphatic heterocycles. The minimum absolute atomic E-state index is 0.180. The van der Waals surface area contributed by atoms with E-state index < -0.39 is 5.97 Å². The lowest BCUT2D eigenvalue weighted by molar-refractivity contribution is -0.115. The van der Waals surface area contributed by atoms with Crippen molar-refractivity contribution >= 4 is 40.1 Å². The molecule has 0 aliphatic rings. The first-order chi connectivity index (χ1) is 13.6. The molecule has 1 N–H and O–H groups in total. The first kappa shape index (κ1) is 20.1. The molecule has 1 aromatic heterocycles. The van der Waals surface area contributed by atoms with Crippen LogP contribution in [-0.2, 0) is 16.0 Å². The number of hydrogen-bond acceptors (Lipinski definition) is 6. The van der Waals surface area contributed by atoms with Gasteiger partial charge in [-0.1, -0.05) is 53.8 Å². The zero-order chi connectivity index (χ0) is 19.9. The van der Waals surface area contributed by atoms with E-state index >= 15 is 0 Å². The predicted octanol–water partition coefficient (Wildman–Crippen LogP) is 4.89. The van der Waals surface area contributed by atoms with Crippen molar-refractivity contribution in [1.82, 2.24) is 4.98 Å². The van der Waals surface area contributed by atoms with E-state index in [0.29, 0.717) is 15.7 Å². The number of aromatic nitrogens is 1. The Balaban J connectivity index is 1.79. The fourth-order valence-corrected chi connectivity index (χ4v) is 3.90. The number of esters is 1. The predicted molar refractivity (Wildman–Crippen MR) is 114 cm³/mol. The molecular formula is C21H20N2O3S2. The number of benzene rings is 2. The number of amides is 1. The van der Waals surface area contributed by atoms with Gasteiger partial charge in [0.2, 0.25) is 5.91 Å². The maximum Gasteiger partial charge on any atom is 0.350 e. The highest BCUT2D eigenvalue weighted by Crippen LogP contribution is 2.32. The number of carbonyl (C=O) groups excluding carboxylic acids is 2. The van der Waals surface area contributed by atoms with Crippen LogP contribution in [0.3, 0.4) is 0 Å². The summed E-state index contributed by atoms with van der Waals surface area (Å²) < 4.78 is 5.14. The largest absolute Gasteiger partial charge is 0.462 e. The highest BCUT2D eigenvalue weighted by atomic mass is 32.2. The summed E-state index contributed by atoms with van der Waals surface area (Å²) in [5.41, 5.74) is 2.24. The summed E-state index contributed by atoms with van der Waals surface area (Å²) in [6.45, 7) is 2.03. The fraction of sp³-hybridized carbons (Fsp3) is 0.190. The van der Waals surface area contributed by atoms with Crippen molar-refractivity contribution in [3.8, 4) is 11.3 Å². The summed E-state index contributed by atoms with van der Waals surface area (Å²) in [6.07, 6.45) is 2.25. The molecule has 5 nitrogen and oxygen atoms in total. The molecule has 0 atom stereocenters. The second kappa shape index (κ2) is 9.52. The third-order valence-electron chi connectivity index (χ3n) is 3.91. The van der Waals surface area contributed by atoms with Gasteiger partial charge in [0, 0.05) is 10.5 Å². The number of nitrogens with one attached hydrogen (secondary N) is 1. The maximum atomic E-state index is 12.4. The first-order valence-electron chi connectivity index (χ1n) is 8.77. The molecule has 0 saturated carbocycles. The zero-order valence-electron chi connectivity index (χ0n) is 15.6. The number of ether oxygens (including phenoxy) is 1. The minimum atomic E-state index is -0.438. The summed E-state index contributed by atoms with van der Waals surface area (Å²) in [5, 5.41) is 3.18. The molecule has 0 aliphatic carbocycles. The van der Waals surface area contributed by atoms with E-state index in [4.69, 9.17) is 4.74 Å². The minimum Gasteiger partial charge on any atom is -0.462 e. The van der Waals surface area contributed by atoms with E-state index in [9.17, 15) is 9.59 Å². The molecule has 3 rings (SSSR count). The van der Waals surface area contributed by atoms with Crippen LogP contribution in [0.5, 0.6) is 0 Å². The Bertz CT molecular complexity index is 954. The molecule has 0 spiro atoms. The molecule has 0 bridgehead atoms. The second-order valence-corrected chi connectivity index (χ2v) is 7.73. The second-order valence-electron chi connectivity index (χ2n) is 5.86. The average molecular weight is 413 g/mol. The lowest BCUT2D eigenvalue weighted by Crippen LogP contribution is -2.14. The number of hydrogen-bond donors (Lipinski definition) is 1. The third kappa shape index (κ3) is 4.99. The maximum absolute atomic E-state index is 12.4. The van der Waals surface area contributed by atoms with Crippen molar-refractivity contribution in [2.24, 2.45) is 0 Å². The number of nitrogens with zero attached hydrogens (tertiary/aromatic N) is 1. The SMILES string of the molecule is CCOC(=O)c1sc(NC(=O)Cc2ccc(SC)cc2)nc1-c1ccccc1. The first-order valence-corrected chi connectivity index (χ1v) is 10.8. The molecular weight excluding hydrogens is 392 g/mol. The molecule has 0 fully saturated rings. The lowest BCUT2D eigenvalue weighted by Gasteiger charge is -2.03. The molecule has 144 valence electrons. The number of anilines is 1. The monoisotopic (exact) mass is 412 g/mol. The van der Waals surface area contributed by atoms with Crippen LogP contribution >= 0.6 is 23.1 Å². The van der Waals surface area contributed by atoms with E-state index in [2.05, 4.69) is 10.3 Å². The van der Waals surface area contributed by atoms with Crippen LogP contribution in [-0.4, -0.2) is 29.7 Å². The molecule has 3 aromatic rings. The van der Waals surface area contributed by atoms with Gasteiger partial charge in [-0.05, 0) is 30.9 Å². The van der Waals surface area contributed by atoms with Gasteiger partial charge in [0.15, 0.2) is 5.13 Å². The molecule has 0 radical (unpaired) electrons. The Morgan fingerprint density at radius 3 is 2.46 bits per heavy atom. The van der Waals surface area contributed by atoms with E-state index in [1.807, 2.05) is 60.9 Å². The Morgan fingerprint density at radius 1 is 1.11 bits per heavy atom. The normalized spacial score (nSPS) is 10.5. The number of carbonyl (C=O) groups is 2. The highest BCUT2D eigenvalue weighted by Gasteiger charge is 2.21. The zero-order valence-corrected chi connectivity index (χ0v) is 17.2. The van der Waals surface area contributed by atoms with Gasteiger partial charge in [-0.25, -0.2) is 9.78 Å². The van der Waals surface area contributed by atoms with Crippen molar-refractivity contribution < 1.29 is 14.3 Å². The van der Waals surface area contributed by atoms with Gasteiger partial charge in [-0.15, -0.1) is 11.8 Å². The van der Waals surface area contributed by atoms with E-state index in [-0.39, 0.29) is 18.9 Å². The molecule has 0 saturated heterocycles. The average Bonchev–Trinajstić information content (AvgIpc) is 3.13. The molecule has 2 aromatic carbocycles. The van der Waals surface area contributed by atoms with Crippen LogP contribution in [0.15, 0.2) is 59.5 Å². The fourth-order valence-electron chi connectivity index (χ4n) is 2.59. The van der Waals surface area contributed by atoms with Crippen LogP contribution in [0.1, 0.15) is 22.2 Å². The highest BCUT2D eigenvalue weighted by molar-refractivity contribution is 7.98. The summed E-state index contributed by atoms with van der Waals surface area (Å²) in [5.74, 6) is -0.618. The summed E-state index contributed by atoms with van der Waals surface area (Å²) in [6, 6.07) is 17.2. The van der Waals surface area contributed by atoms with Gasteiger partial charge in [0.1, 0.15) is 4.88 Å². The topological polar surface area (TPSA) is 68.3 Å². The lowest BCUT2D eigenvalue weighted by atomic mass is 10.1. The van der Waals surface area contributed by atoms with Crippen LogP contribution in [0.4, 0.5) is 5.13 Å². The molecule has 28 heavy (non-hydrogen) atoms. The Labute approximate surface area is 172 Å². The van der Waals surface area contributed by atoms with E-state index in [1.54, 1.807) is 18.7 Å². The Morgan fingerprint density at radius 2 is 1.82 bits per heavy atom. The molecule has 1 amide bonds. The van der Waals surface area contributed by atoms with Crippen molar-refractivity contribution in [3.05, 3.63) is 65.0 Å². The summed E-state index contributed by atoms with van der Waals surface area (Å²) in [7, 11) is 0. The van der Waals surface area contributed by atoms with Gasteiger partial charge in [-0.2, -0.15) is 0 Å². The van der Waals surface area contributed by atoms with Crippen LogP contribution < -0.4 is 5.32 Å². The van der Waals surface area contributed by atoms with Crippen molar-refractivity contribution in [3.63, 3.8) is 0 Å². The van der Waals surface area contributed by atoms with Gasteiger partial charge >= 0.3 is 5.97 Å². The molecule has 7 heteroatoms. The number of thiazole rings is 1. The number of rotatable bonds is 7. The van der Waals surface area contributed by atoms with Crippen LogP contribution in [0.2, 0.25) is 0 Å². The van der Waals surface area contributed by atoms with Gasteiger partial charge in [-0.3, -0.25) is 4.79 Å². The van der Waals surface area contributed by atoms with E-state index in [0.717, 1.165) is 27.4 Å². The standard InChI is InChI=1S/C21H20N2O3S2/c1-3-26-20(25)19-18(15-7-5-4-6-8-15)23-21(28-19)22-17(24)13-14-9-11-16(27-2)12-10-14/h4-12H,3,13H2,1-2H3,(H,22,23,24). The van der Waals surface area contributed by atoms with Crippen molar-refractivity contribution in [2.75, 3.05) is 18.2 Å². The molecule has 0 unspecified atom stereocenters.